The summed E-state index contributed by atoms with van der Waals surface area (Å²) in [4.78, 5) is 25.0. The lowest BCUT2D eigenvalue weighted by Gasteiger charge is -2.32. The fourth-order valence-corrected chi connectivity index (χ4v) is 3.33. The van der Waals surface area contributed by atoms with Gasteiger partial charge in [0.05, 0.1) is 4.92 Å². The summed E-state index contributed by atoms with van der Waals surface area (Å²) in [5.74, 6) is 0.426. The molecule has 1 heterocycles. The molecule has 1 fully saturated rings. The number of nitro benzene ring substituents is 1. The Morgan fingerprint density at radius 3 is 2.54 bits per heavy atom. The van der Waals surface area contributed by atoms with Gasteiger partial charge in [-0.3, -0.25) is 14.9 Å². The third kappa shape index (κ3) is 4.32. The molecule has 0 aromatic heterocycles. The zero-order chi connectivity index (χ0) is 18.5. The molecule has 0 atom stereocenters. The van der Waals surface area contributed by atoms with Crippen LogP contribution in [0.15, 0.2) is 48.5 Å². The Balaban J connectivity index is 1.54. The van der Waals surface area contributed by atoms with Gasteiger partial charge < -0.3 is 10.2 Å². The molecule has 3 rings (SSSR count). The van der Waals surface area contributed by atoms with Crippen molar-refractivity contribution in [1.82, 2.24) is 4.90 Å². The van der Waals surface area contributed by atoms with Crippen LogP contribution in [-0.4, -0.2) is 35.4 Å². The fraction of sp³-hybridized carbons (Fsp3) is 0.316. The predicted molar refractivity (Wildman–Crippen MR) is 102 cm³/mol. The maximum Gasteiger partial charge on any atom is 0.293 e. The first-order valence-corrected chi connectivity index (χ1v) is 8.94. The average molecular weight is 374 g/mol. The molecule has 0 aliphatic carbocycles. The van der Waals surface area contributed by atoms with Crippen LogP contribution in [0.1, 0.15) is 23.2 Å². The molecular formula is C19H20ClN3O3. The number of halogens is 1. The van der Waals surface area contributed by atoms with Crippen molar-refractivity contribution in [1.29, 1.82) is 0 Å². The minimum Gasteiger partial charge on any atom is -0.379 e. The van der Waals surface area contributed by atoms with Crippen LogP contribution < -0.4 is 5.32 Å². The molecule has 26 heavy (non-hydrogen) atoms. The molecule has 1 saturated heterocycles. The number of hydrogen-bond acceptors (Lipinski definition) is 4. The van der Waals surface area contributed by atoms with Gasteiger partial charge in [0.2, 0.25) is 0 Å². The zero-order valence-corrected chi connectivity index (χ0v) is 15.0. The lowest BCUT2D eigenvalue weighted by atomic mass is 9.96. The van der Waals surface area contributed by atoms with E-state index in [2.05, 4.69) is 5.32 Å². The maximum atomic E-state index is 12.5. The average Bonchev–Trinajstić information content (AvgIpc) is 2.67. The van der Waals surface area contributed by atoms with Gasteiger partial charge in [-0.05, 0) is 43.0 Å². The van der Waals surface area contributed by atoms with E-state index in [1.54, 1.807) is 12.1 Å². The first-order chi connectivity index (χ1) is 12.5. The highest BCUT2D eigenvalue weighted by Gasteiger charge is 2.24. The van der Waals surface area contributed by atoms with E-state index < -0.39 is 4.92 Å². The Morgan fingerprint density at radius 1 is 1.19 bits per heavy atom. The van der Waals surface area contributed by atoms with Gasteiger partial charge in [-0.15, -0.1) is 0 Å². The predicted octanol–water partition coefficient (Wildman–Crippen LogP) is 4.21. The van der Waals surface area contributed by atoms with Crippen molar-refractivity contribution < 1.29 is 9.72 Å². The Bertz CT molecular complexity index is 790. The number of nitrogens with zero attached hydrogens (tertiary/aromatic N) is 2. The number of rotatable bonds is 5. The number of piperidine rings is 1. The quantitative estimate of drug-likeness (QED) is 0.629. The van der Waals surface area contributed by atoms with E-state index in [-0.39, 0.29) is 11.6 Å². The summed E-state index contributed by atoms with van der Waals surface area (Å²) < 4.78 is 0. The number of benzene rings is 2. The van der Waals surface area contributed by atoms with Crippen molar-refractivity contribution in [3.8, 4) is 0 Å². The van der Waals surface area contributed by atoms with Gasteiger partial charge in [-0.2, -0.15) is 0 Å². The van der Waals surface area contributed by atoms with Crippen molar-refractivity contribution in [3.63, 3.8) is 0 Å². The van der Waals surface area contributed by atoms with Crippen LogP contribution in [0.3, 0.4) is 0 Å². The van der Waals surface area contributed by atoms with E-state index in [0.717, 1.165) is 12.8 Å². The van der Waals surface area contributed by atoms with E-state index in [0.29, 0.717) is 41.8 Å². The van der Waals surface area contributed by atoms with Crippen LogP contribution in [0.25, 0.3) is 0 Å². The van der Waals surface area contributed by atoms with E-state index in [4.69, 9.17) is 11.6 Å². The summed E-state index contributed by atoms with van der Waals surface area (Å²) in [5, 5.41) is 14.6. The number of carbonyl (C=O) groups excluding carboxylic acids is 1. The van der Waals surface area contributed by atoms with Crippen LogP contribution in [0.5, 0.6) is 0 Å². The summed E-state index contributed by atoms with van der Waals surface area (Å²) in [6, 6.07) is 13.9. The van der Waals surface area contributed by atoms with E-state index in [1.807, 2.05) is 35.2 Å². The molecule has 1 aliphatic rings. The number of amides is 1. The number of likely N-dealkylation sites (tertiary alicyclic amines) is 1. The molecule has 0 spiro atoms. The highest BCUT2D eigenvalue weighted by Crippen LogP contribution is 2.28. The topological polar surface area (TPSA) is 75.5 Å². The number of nitrogens with one attached hydrogen (secondary N) is 1. The van der Waals surface area contributed by atoms with Crippen LogP contribution in [0, 0.1) is 16.0 Å². The van der Waals surface area contributed by atoms with Crippen LogP contribution in [0.4, 0.5) is 11.4 Å². The standard InChI is InChI=1S/C19H20ClN3O3/c20-16-6-7-17(18(12-16)23(25)26)21-13-14-8-10-22(11-9-14)19(24)15-4-2-1-3-5-15/h1-7,12,14,21H,8-11,13H2. The Kier molecular flexibility index (Phi) is 5.73. The summed E-state index contributed by atoms with van der Waals surface area (Å²) >= 11 is 5.84. The van der Waals surface area contributed by atoms with Gasteiger partial charge in [0, 0.05) is 36.3 Å². The normalized spacial score (nSPS) is 14.9. The molecule has 2 aromatic carbocycles. The molecule has 2 aromatic rings. The van der Waals surface area contributed by atoms with E-state index in [9.17, 15) is 14.9 Å². The maximum absolute atomic E-state index is 12.5. The molecular weight excluding hydrogens is 354 g/mol. The van der Waals surface area contributed by atoms with Gasteiger partial charge in [0.15, 0.2) is 0 Å². The van der Waals surface area contributed by atoms with Crippen molar-refractivity contribution in [2.75, 3.05) is 25.0 Å². The third-order valence-corrected chi connectivity index (χ3v) is 4.90. The monoisotopic (exact) mass is 373 g/mol. The molecule has 7 heteroatoms. The van der Waals surface area contributed by atoms with Gasteiger partial charge in [0.1, 0.15) is 5.69 Å². The van der Waals surface area contributed by atoms with E-state index in [1.165, 1.54) is 6.07 Å². The van der Waals surface area contributed by atoms with Crippen molar-refractivity contribution >= 4 is 28.9 Å². The molecule has 1 N–H and O–H groups in total. The lowest BCUT2D eigenvalue weighted by molar-refractivity contribution is -0.383. The molecule has 1 aliphatic heterocycles. The van der Waals surface area contributed by atoms with Crippen molar-refractivity contribution in [3.05, 3.63) is 69.2 Å². The van der Waals surface area contributed by atoms with Gasteiger partial charge >= 0.3 is 0 Å². The van der Waals surface area contributed by atoms with Crippen molar-refractivity contribution in [2.24, 2.45) is 5.92 Å². The Morgan fingerprint density at radius 2 is 1.88 bits per heavy atom. The first kappa shape index (κ1) is 18.2. The van der Waals surface area contributed by atoms with Gasteiger partial charge in [0.25, 0.3) is 11.6 Å². The number of anilines is 1. The molecule has 0 saturated carbocycles. The molecule has 0 radical (unpaired) electrons. The number of hydrogen-bond donors (Lipinski definition) is 1. The van der Waals surface area contributed by atoms with Crippen molar-refractivity contribution in [2.45, 2.75) is 12.8 Å². The second kappa shape index (κ2) is 8.19. The minimum absolute atomic E-state index is 0.0193. The Labute approximate surface area is 156 Å². The lowest BCUT2D eigenvalue weighted by Crippen LogP contribution is -2.39. The Hall–Kier alpha value is -2.60. The summed E-state index contributed by atoms with van der Waals surface area (Å²) in [6.07, 6.45) is 1.74. The van der Waals surface area contributed by atoms with Crippen LogP contribution >= 0.6 is 11.6 Å². The number of nitro groups is 1. The van der Waals surface area contributed by atoms with E-state index >= 15 is 0 Å². The van der Waals surface area contributed by atoms with Crippen LogP contribution in [0.2, 0.25) is 5.02 Å². The molecule has 1 amide bonds. The van der Waals surface area contributed by atoms with Gasteiger partial charge in [-0.25, -0.2) is 0 Å². The number of carbonyl (C=O) groups is 1. The SMILES string of the molecule is O=C(c1ccccc1)N1CCC(CNc2ccc(Cl)cc2[N+](=O)[O-])CC1. The summed E-state index contributed by atoms with van der Waals surface area (Å²) in [5.41, 5.74) is 1.16. The second-order valence-electron chi connectivity index (χ2n) is 6.40. The molecule has 6 nitrogen and oxygen atoms in total. The fourth-order valence-electron chi connectivity index (χ4n) is 3.16. The van der Waals surface area contributed by atoms with Gasteiger partial charge in [-0.1, -0.05) is 29.8 Å². The minimum atomic E-state index is -0.435. The smallest absolute Gasteiger partial charge is 0.293 e. The molecule has 136 valence electrons. The second-order valence-corrected chi connectivity index (χ2v) is 6.84. The highest BCUT2D eigenvalue weighted by molar-refractivity contribution is 6.30. The third-order valence-electron chi connectivity index (χ3n) is 4.66. The summed E-state index contributed by atoms with van der Waals surface area (Å²) in [7, 11) is 0. The molecule has 0 bridgehead atoms. The first-order valence-electron chi connectivity index (χ1n) is 8.56. The summed E-state index contributed by atoms with van der Waals surface area (Å²) in [6.45, 7) is 2.03. The molecule has 0 unspecified atom stereocenters. The highest BCUT2D eigenvalue weighted by atomic mass is 35.5. The largest absolute Gasteiger partial charge is 0.379 e. The zero-order valence-electron chi connectivity index (χ0n) is 14.2. The van der Waals surface area contributed by atoms with Crippen LogP contribution in [-0.2, 0) is 0 Å².